The number of nitrogens with zero attached hydrogens (tertiary/aromatic N) is 2. The Balaban J connectivity index is 1.95. The number of hydrogen-bond donors (Lipinski definition) is 1. The summed E-state index contributed by atoms with van der Waals surface area (Å²) in [5.74, 6) is -0.0652. The first kappa shape index (κ1) is 19.2. The molecule has 2 heterocycles. The highest BCUT2D eigenvalue weighted by Crippen LogP contribution is 2.30. The van der Waals surface area contributed by atoms with Crippen LogP contribution in [0.1, 0.15) is 55.8 Å². The van der Waals surface area contributed by atoms with Gasteiger partial charge in [0.25, 0.3) is 5.91 Å². The quantitative estimate of drug-likeness (QED) is 0.825. The topological polar surface area (TPSA) is 69.7 Å². The first-order valence-corrected chi connectivity index (χ1v) is 11.2. The number of hydrogen-bond acceptors (Lipinski definition) is 4. The van der Waals surface area contributed by atoms with Crippen molar-refractivity contribution in [3.8, 4) is 0 Å². The SMILES string of the molecule is CCCNS(=O)(=O)c1cc(C(=O)N2CCCCC2)ccc1N1CCCC1. The molecule has 1 aromatic rings. The van der Waals surface area contributed by atoms with Crippen molar-refractivity contribution in [2.75, 3.05) is 37.6 Å². The molecule has 0 aliphatic carbocycles. The molecule has 2 saturated heterocycles. The maximum Gasteiger partial charge on any atom is 0.253 e. The molecule has 1 amide bonds. The van der Waals surface area contributed by atoms with Crippen molar-refractivity contribution >= 4 is 21.6 Å². The fourth-order valence-corrected chi connectivity index (χ4v) is 5.06. The standard InChI is InChI=1S/C19H29N3O3S/c1-2-10-20-26(24,25)18-15-16(19(23)22-13-4-3-5-14-22)8-9-17(18)21-11-6-7-12-21/h8-9,15,20H,2-7,10-14H2,1H3. The van der Waals surface area contributed by atoms with Crippen molar-refractivity contribution in [2.45, 2.75) is 50.3 Å². The van der Waals surface area contributed by atoms with Gasteiger partial charge in [0, 0.05) is 38.3 Å². The van der Waals surface area contributed by atoms with E-state index in [1.807, 2.05) is 17.9 Å². The highest BCUT2D eigenvalue weighted by molar-refractivity contribution is 7.89. The number of sulfonamides is 1. The average molecular weight is 380 g/mol. The zero-order chi connectivity index (χ0) is 18.6. The van der Waals surface area contributed by atoms with Gasteiger partial charge in [-0.3, -0.25) is 4.79 Å². The van der Waals surface area contributed by atoms with Crippen molar-refractivity contribution in [2.24, 2.45) is 0 Å². The summed E-state index contributed by atoms with van der Waals surface area (Å²) in [5.41, 5.74) is 1.17. The zero-order valence-electron chi connectivity index (χ0n) is 15.5. The van der Waals surface area contributed by atoms with Crippen LogP contribution in [0.15, 0.2) is 23.1 Å². The maximum atomic E-state index is 12.9. The molecule has 26 heavy (non-hydrogen) atoms. The minimum absolute atomic E-state index is 0.0652. The molecule has 0 radical (unpaired) electrons. The first-order chi connectivity index (χ1) is 12.5. The van der Waals surface area contributed by atoms with Gasteiger partial charge in [0.05, 0.1) is 5.69 Å². The van der Waals surface area contributed by atoms with E-state index < -0.39 is 10.0 Å². The molecule has 0 bridgehead atoms. The van der Waals surface area contributed by atoms with E-state index in [0.29, 0.717) is 17.8 Å². The summed E-state index contributed by atoms with van der Waals surface area (Å²) in [6, 6.07) is 5.16. The van der Waals surface area contributed by atoms with Crippen molar-refractivity contribution in [3.05, 3.63) is 23.8 Å². The molecule has 0 spiro atoms. The van der Waals surface area contributed by atoms with E-state index in [0.717, 1.165) is 64.7 Å². The van der Waals surface area contributed by atoms with Crippen molar-refractivity contribution in [1.29, 1.82) is 0 Å². The number of benzene rings is 1. The Morgan fingerprint density at radius 1 is 1.04 bits per heavy atom. The van der Waals surface area contributed by atoms with Gasteiger partial charge in [-0.15, -0.1) is 0 Å². The Labute approximate surface area is 156 Å². The summed E-state index contributed by atoms with van der Waals surface area (Å²) >= 11 is 0. The van der Waals surface area contributed by atoms with Crippen LogP contribution in [0.5, 0.6) is 0 Å². The average Bonchev–Trinajstić information content (AvgIpc) is 3.21. The van der Waals surface area contributed by atoms with Crippen LogP contribution in [-0.4, -0.2) is 51.9 Å². The highest BCUT2D eigenvalue weighted by Gasteiger charge is 2.26. The van der Waals surface area contributed by atoms with Gasteiger partial charge in [-0.05, 0) is 56.7 Å². The minimum Gasteiger partial charge on any atom is -0.370 e. The lowest BCUT2D eigenvalue weighted by Gasteiger charge is -2.27. The fraction of sp³-hybridized carbons (Fsp3) is 0.632. The summed E-state index contributed by atoms with van der Waals surface area (Å²) < 4.78 is 28.4. The van der Waals surface area contributed by atoms with Crippen LogP contribution in [-0.2, 0) is 10.0 Å². The summed E-state index contributed by atoms with van der Waals surface area (Å²) in [7, 11) is -3.64. The summed E-state index contributed by atoms with van der Waals surface area (Å²) in [6.45, 7) is 5.55. The molecule has 144 valence electrons. The molecule has 0 saturated carbocycles. The zero-order valence-corrected chi connectivity index (χ0v) is 16.4. The van der Waals surface area contributed by atoms with E-state index in [1.165, 1.54) is 0 Å². The molecule has 2 aliphatic rings. The third-order valence-corrected chi connectivity index (χ3v) is 6.62. The van der Waals surface area contributed by atoms with Crippen molar-refractivity contribution < 1.29 is 13.2 Å². The van der Waals surface area contributed by atoms with E-state index >= 15 is 0 Å². The lowest BCUT2D eigenvalue weighted by atomic mass is 10.1. The van der Waals surface area contributed by atoms with Gasteiger partial charge in [-0.2, -0.15) is 0 Å². The maximum absolute atomic E-state index is 12.9. The van der Waals surface area contributed by atoms with Gasteiger partial charge in [-0.1, -0.05) is 6.92 Å². The van der Waals surface area contributed by atoms with Gasteiger partial charge in [-0.25, -0.2) is 13.1 Å². The van der Waals surface area contributed by atoms with E-state index in [1.54, 1.807) is 12.1 Å². The number of carbonyl (C=O) groups is 1. The molecule has 2 fully saturated rings. The number of rotatable bonds is 6. The van der Waals surface area contributed by atoms with Gasteiger partial charge >= 0.3 is 0 Å². The summed E-state index contributed by atoms with van der Waals surface area (Å²) in [5, 5.41) is 0. The van der Waals surface area contributed by atoms with Gasteiger partial charge in [0.15, 0.2) is 0 Å². The van der Waals surface area contributed by atoms with Gasteiger partial charge in [0.1, 0.15) is 4.90 Å². The molecule has 2 aliphatic heterocycles. The van der Waals surface area contributed by atoms with Gasteiger partial charge < -0.3 is 9.80 Å². The highest BCUT2D eigenvalue weighted by atomic mass is 32.2. The van der Waals surface area contributed by atoms with Gasteiger partial charge in [0.2, 0.25) is 10.0 Å². The molecular formula is C19H29N3O3S. The van der Waals surface area contributed by atoms with Crippen LogP contribution < -0.4 is 9.62 Å². The van der Waals surface area contributed by atoms with E-state index in [4.69, 9.17) is 0 Å². The molecule has 3 rings (SSSR count). The predicted molar refractivity (Wildman–Crippen MR) is 103 cm³/mol. The number of likely N-dealkylation sites (tertiary alicyclic amines) is 1. The molecular weight excluding hydrogens is 350 g/mol. The summed E-state index contributed by atoms with van der Waals surface area (Å²) in [6.07, 6.45) is 6.04. The Morgan fingerprint density at radius 3 is 2.35 bits per heavy atom. The van der Waals surface area contributed by atoms with Crippen LogP contribution >= 0.6 is 0 Å². The first-order valence-electron chi connectivity index (χ1n) is 9.71. The second-order valence-electron chi connectivity index (χ2n) is 7.13. The van der Waals surface area contributed by atoms with Crippen LogP contribution in [0, 0.1) is 0 Å². The third-order valence-electron chi connectivity index (χ3n) is 5.13. The molecule has 0 atom stereocenters. The monoisotopic (exact) mass is 379 g/mol. The second-order valence-corrected chi connectivity index (χ2v) is 8.86. The van der Waals surface area contributed by atoms with Crippen LogP contribution in [0.25, 0.3) is 0 Å². The van der Waals surface area contributed by atoms with Crippen LogP contribution in [0.4, 0.5) is 5.69 Å². The fourth-order valence-electron chi connectivity index (χ4n) is 3.68. The smallest absolute Gasteiger partial charge is 0.253 e. The Hall–Kier alpha value is -1.60. The number of piperidine rings is 1. The number of anilines is 1. The minimum atomic E-state index is -3.64. The Kier molecular flexibility index (Phi) is 6.19. The molecule has 1 N–H and O–H groups in total. The number of amides is 1. The van der Waals surface area contributed by atoms with E-state index in [2.05, 4.69) is 9.62 Å². The normalized spacial score (nSPS) is 18.3. The molecule has 1 aromatic carbocycles. The Bertz CT molecular complexity index is 736. The molecule has 0 unspecified atom stereocenters. The third kappa shape index (κ3) is 4.20. The predicted octanol–water partition coefficient (Wildman–Crippen LogP) is 2.60. The van der Waals surface area contributed by atoms with Crippen LogP contribution in [0.2, 0.25) is 0 Å². The van der Waals surface area contributed by atoms with E-state index in [-0.39, 0.29) is 10.8 Å². The van der Waals surface area contributed by atoms with Crippen molar-refractivity contribution in [1.82, 2.24) is 9.62 Å². The molecule has 0 aromatic heterocycles. The lowest BCUT2D eigenvalue weighted by molar-refractivity contribution is 0.0724. The lowest BCUT2D eigenvalue weighted by Crippen LogP contribution is -2.36. The van der Waals surface area contributed by atoms with Crippen LogP contribution in [0.3, 0.4) is 0 Å². The Morgan fingerprint density at radius 2 is 1.69 bits per heavy atom. The number of nitrogens with one attached hydrogen (secondary N) is 1. The number of carbonyl (C=O) groups excluding carboxylic acids is 1. The summed E-state index contributed by atoms with van der Waals surface area (Å²) in [4.78, 5) is 17.0. The van der Waals surface area contributed by atoms with Crippen molar-refractivity contribution in [3.63, 3.8) is 0 Å². The molecule has 6 nitrogen and oxygen atoms in total. The molecule has 7 heteroatoms. The largest absolute Gasteiger partial charge is 0.370 e. The van der Waals surface area contributed by atoms with E-state index in [9.17, 15) is 13.2 Å². The second kappa shape index (κ2) is 8.39.